The molecule has 0 aliphatic heterocycles. The summed E-state index contributed by atoms with van der Waals surface area (Å²) in [5.41, 5.74) is 10.4. The Morgan fingerprint density at radius 1 is 0.750 bits per heavy atom. The van der Waals surface area contributed by atoms with Crippen molar-refractivity contribution in [2.45, 2.75) is 48.8 Å². The van der Waals surface area contributed by atoms with Crippen molar-refractivity contribution >= 4 is 33.1 Å². The molecule has 0 spiro atoms. The van der Waals surface area contributed by atoms with Crippen LogP contribution in [0.1, 0.15) is 52.9 Å². The summed E-state index contributed by atoms with van der Waals surface area (Å²) in [4.78, 5) is 23.4. The number of carbonyl (C=O) groups excluding carboxylic acids is 2. The minimum absolute atomic E-state index is 0.00593. The summed E-state index contributed by atoms with van der Waals surface area (Å²) in [5, 5.41) is 23.3. The highest BCUT2D eigenvalue weighted by molar-refractivity contribution is 7.91. The Morgan fingerprint density at radius 3 is 1.86 bits per heavy atom. The van der Waals surface area contributed by atoms with Crippen molar-refractivity contribution in [1.29, 1.82) is 0 Å². The SMILES string of the molecule is Cc1ccc(C(CCCOCCOCCN)(c2ccccc2)c2ccccc2)cc1.NS(=O)(=O)c1nnc(CC(=O)CCC(=O)NCCOCCOCCO)s1. The zero-order chi connectivity index (χ0) is 40.5. The molecule has 0 atom stereocenters. The van der Waals surface area contributed by atoms with Crippen LogP contribution in [0.2, 0.25) is 0 Å². The van der Waals surface area contributed by atoms with Crippen LogP contribution >= 0.6 is 11.3 Å². The van der Waals surface area contributed by atoms with Gasteiger partial charge < -0.3 is 35.1 Å². The summed E-state index contributed by atoms with van der Waals surface area (Å²) in [6, 6.07) is 30.6. The van der Waals surface area contributed by atoms with E-state index in [1.54, 1.807) is 0 Å². The summed E-state index contributed by atoms with van der Waals surface area (Å²) in [7, 11) is -3.93. The molecule has 306 valence electrons. The van der Waals surface area contributed by atoms with E-state index in [-0.39, 0.29) is 58.9 Å². The Bertz CT molecular complexity index is 1760. The van der Waals surface area contributed by atoms with Crippen LogP contribution in [0.4, 0.5) is 0 Å². The minimum atomic E-state index is -3.93. The van der Waals surface area contributed by atoms with Gasteiger partial charge in [0.1, 0.15) is 10.8 Å². The molecule has 0 unspecified atom stereocenters. The second kappa shape index (κ2) is 26.0. The molecule has 1 heterocycles. The molecule has 0 saturated heterocycles. The number of aliphatic hydroxyl groups excluding tert-OH is 1. The van der Waals surface area contributed by atoms with E-state index in [4.69, 9.17) is 34.9 Å². The first-order valence-electron chi connectivity index (χ1n) is 18.5. The van der Waals surface area contributed by atoms with Crippen molar-refractivity contribution in [3.63, 3.8) is 0 Å². The fraction of sp³-hybridized carbons (Fsp3) is 0.450. The molecule has 14 nitrogen and oxygen atoms in total. The van der Waals surface area contributed by atoms with E-state index in [0.717, 1.165) is 24.2 Å². The maximum atomic E-state index is 11.8. The van der Waals surface area contributed by atoms with Gasteiger partial charge in [0.05, 0.1) is 59.3 Å². The fourth-order valence-corrected chi connectivity index (χ4v) is 7.24. The lowest BCUT2D eigenvalue weighted by Crippen LogP contribution is -2.30. The van der Waals surface area contributed by atoms with Crippen molar-refractivity contribution in [2.24, 2.45) is 10.9 Å². The molecule has 4 aromatic rings. The van der Waals surface area contributed by atoms with Crippen LogP contribution in [0, 0.1) is 6.92 Å². The van der Waals surface area contributed by atoms with Gasteiger partial charge in [-0.2, -0.15) is 0 Å². The number of nitrogens with zero attached hydrogens (tertiary/aromatic N) is 2. The lowest BCUT2D eigenvalue weighted by atomic mass is 9.66. The van der Waals surface area contributed by atoms with Gasteiger partial charge >= 0.3 is 0 Å². The first kappa shape index (κ1) is 46.4. The summed E-state index contributed by atoms with van der Waals surface area (Å²) in [6.07, 6.45) is 1.84. The molecule has 1 amide bonds. The van der Waals surface area contributed by atoms with Gasteiger partial charge in [-0.25, -0.2) is 13.6 Å². The van der Waals surface area contributed by atoms with Gasteiger partial charge in [-0.15, -0.1) is 10.2 Å². The molecule has 0 aliphatic rings. The number of primary sulfonamides is 1. The maximum Gasteiger partial charge on any atom is 0.267 e. The zero-order valence-electron chi connectivity index (χ0n) is 32.0. The van der Waals surface area contributed by atoms with Crippen molar-refractivity contribution in [2.75, 3.05) is 72.6 Å². The van der Waals surface area contributed by atoms with Gasteiger partial charge in [-0.1, -0.05) is 102 Å². The van der Waals surface area contributed by atoms with Crippen molar-refractivity contribution in [3.05, 3.63) is 112 Å². The Balaban J connectivity index is 0.000000304. The normalized spacial score (nSPS) is 11.5. The molecule has 6 N–H and O–H groups in total. The smallest absolute Gasteiger partial charge is 0.267 e. The third-order valence-electron chi connectivity index (χ3n) is 8.40. The summed E-state index contributed by atoms with van der Waals surface area (Å²) >= 11 is 0.731. The van der Waals surface area contributed by atoms with Gasteiger partial charge in [0.15, 0.2) is 0 Å². The first-order valence-corrected chi connectivity index (χ1v) is 20.9. The quantitative estimate of drug-likeness (QED) is 0.0531. The van der Waals surface area contributed by atoms with E-state index < -0.39 is 10.0 Å². The van der Waals surface area contributed by atoms with Crippen LogP contribution in [0.25, 0.3) is 0 Å². The van der Waals surface area contributed by atoms with Crippen molar-refractivity contribution < 1.29 is 42.1 Å². The van der Waals surface area contributed by atoms with Crippen LogP contribution in [-0.2, 0) is 50.4 Å². The van der Waals surface area contributed by atoms with E-state index in [1.807, 2.05) is 0 Å². The number of hydrogen-bond acceptors (Lipinski definition) is 13. The van der Waals surface area contributed by atoms with Crippen molar-refractivity contribution in [1.82, 2.24) is 15.5 Å². The number of nitrogens with one attached hydrogen (secondary N) is 1. The lowest BCUT2D eigenvalue weighted by molar-refractivity contribution is -0.125. The number of aromatic nitrogens is 2. The van der Waals surface area contributed by atoms with Crippen LogP contribution < -0.4 is 16.2 Å². The second-order valence-corrected chi connectivity index (χ2v) is 15.4. The zero-order valence-corrected chi connectivity index (χ0v) is 33.6. The summed E-state index contributed by atoms with van der Waals surface area (Å²) in [5.74, 6) is -0.546. The Kier molecular flexibility index (Phi) is 21.6. The number of nitrogens with two attached hydrogens (primary N) is 2. The van der Waals surface area contributed by atoms with E-state index in [0.29, 0.717) is 59.3 Å². The molecule has 4 rings (SSSR count). The molecule has 0 fully saturated rings. The molecule has 0 saturated carbocycles. The Morgan fingerprint density at radius 2 is 1.30 bits per heavy atom. The van der Waals surface area contributed by atoms with E-state index >= 15 is 0 Å². The number of rotatable bonds is 26. The second-order valence-electron chi connectivity index (χ2n) is 12.6. The number of ether oxygens (including phenoxy) is 4. The first-order chi connectivity index (χ1) is 27.1. The predicted molar refractivity (Wildman–Crippen MR) is 215 cm³/mol. The number of benzene rings is 3. The lowest BCUT2D eigenvalue weighted by Gasteiger charge is -2.36. The Hall–Kier alpha value is -3.97. The number of ketones is 1. The molecule has 1 aromatic heterocycles. The standard InChI is InChI=1S/C27H33NO2.C13H22N4O7S2/c1-23-13-15-26(16-14-23)27(24-9-4-2-5-10-24,25-11-6-3-7-12-25)17-8-19-29-21-22-30-20-18-28;14-26(21,22)13-17-16-12(25-13)9-10(19)1-2-11(20)15-3-5-23-7-8-24-6-4-18/h2-7,9-16H,8,17-22,28H2,1H3;18H,1-9H2,(H,15,20)(H2,14,21,22). The number of hydrogen-bond donors (Lipinski definition) is 4. The number of amides is 1. The molecule has 0 radical (unpaired) electrons. The minimum Gasteiger partial charge on any atom is -0.394 e. The summed E-state index contributed by atoms with van der Waals surface area (Å²) < 4.78 is 43.2. The maximum absolute atomic E-state index is 11.8. The topological polar surface area (TPSA) is 215 Å². The van der Waals surface area contributed by atoms with Gasteiger partial charge in [0, 0.05) is 38.0 Å². The van der Waals surface area contributed by atoms with Gasteiger partial charge in [-0.05, 0) is 36.5 Å². The largest absolute Gasteiger partial charge is 0.394 e. The van der Waals surface area contributed by atoms with E-state index in [9.17, 15) is 18.0 Å². The molecule has 0 aliphatic carbocycles. The molecule has 3 aromatic carbocycles. The highest BCUT2D eigenvalue weighted by atomic mass is 32.2. The number of Topliss-reactive ketones (excluding diaryl/α,β-unsaturated/α-hetero) is 1. The number of sulfonamides is 1. The van der Waals surface area contributed by atoms with E-state index in [1.165, 1.54) is 22.3 Å². The summed E-state index contributed by atoms with van der Waals surface area (Å²) in [6.45, 7) is 6.73. The van der Waals surface area contributed by atoms with Gasteiger partial charge in [-0.3, -0.25) is 9.59 Å². The highest BCUT2D eigenvalue weighted by Gasteiger charge is 2.35. The number of aryl methyl sites for hydroxylation is 1. The molecular weight excluding hydrogens is 759 g/mol. The van der Waals surface area contributed by atoms with Crippen LogP contribution in [0.15, 0.2) is 89.3 Å². The number of carbonyl (C=O) groups is 2. The highest BCUT2D eigenvalue weighted by Crippen LogP contribution is 2.43. The Labute approximate surface area is 334 Å². The van der Waals surface area contributed by atoms with Crippen LogP contribution in [0.3, 0.4) is 0 Å². The third-order valence-corrected chi connectivity index (χ3v) is 10.6. The molecule has 0 bridgehead atoms. The molecule has 56 heavy (non-hydrogen) atoms. The van der Waals surface area contributed by atoms with Crippen LogP contribution in [-0.4, -0.2) is 108 Å². The third kappa shape index (κ3) is 16.6. The molecular formula is C40H55N5O9S2. The van der Waals surface area contributed by atoms with Gasteiger partial charge in [0.25, 0.3) is 10.0 Å². The fourth-order valence-electron chi connectivity index (χ4n) is 5.73. The van der Waals surface area contributed by atoms with Crippen LogP contribution in [0.5, 0.6) is 0 Å². The monoisotopic (exact) mass is 813 g/mol. The average molecular weight is 814 g/mol. The average Bonchev–Trinajstić information content (AvgIpc) is 3.68. The van der Waals surface area contributed by atoms with Gasteiger partial charge in [0.2, 0.25) is 10.2 Å². The molecule has 16 heteroatoms. The van der Waals surface area contributed by atoms with Crippen molar-refractivity contribution in [3.8, 4) is 0 Å². The number of aliphatic hydroxyl groups is 1. The predicted octanol–water partition coefficient (Wildman–Crippen LogP) is 3.32. The van der Waals surface area contributed by atoms with E-state index in [2.05, 4.69) is 107 Å².